The maximum Gasteiger partial charge on any atom is 0.334 e. The SMILES string of the molecule is CCCCCCO[C@H](C)C(=O)OC. The third kappa shape index (κ3) is 6.58. The minimum atomic E-state index is -0.424. The normalized spacial score (nSPS) is 12.5. The van der Waals surface area contributed by atoms with Crippen molar-refractivity contribution in [1.82, 2.24) is 0 Å². The maximum atomic E-state index is 10.9. The second-order valence-electron chi connectivity index (χ2n) is 3.10. The van der Waals surface area contributed by atoms with Crippen LogP contribution in [0.2, 0.25) is 0 Å². The molecule has 0 unspecified atom stereocenters. The summed E-state index contributed by atoms with van der Waals surface area (Å²) < 4.78 is 9.79. The van der Waals surface area contributed by atoms with Crippen molar-refractivity contribution >= 4 is 5.97 Å². The lowest BCUT2D eigenvalue weighted by atomic mass is 10.2. The van der Waals surface area contributed by atoms with Crippen molar-refractivity contribution < 1.29 is 14.3 Å². The van der Waals surface area contributed by atoms with E-state index in [0.717, 1.165) is 6.42 Å². The van der Waals surface area contributed by atoms with E-state index in [1.165, 1.54) is 26.4 Å². The first-order chi connectivity index (χ1) is 6.22. The van der Waals surface area contributed by atoms with Gasteiger partial charge in [0.1, 0.15) is 0 Å². The maximum absolute atomic E-state index is 10.9. The summed E-state index contributed by atoms with van der Waals surface area (Å²) in [4.78, 5) is 10.9. The summed E-state index contributed by atoms with van der Waals surface area (Å²) in [5.41, 5.74) is 0. The highest BCUT2D eigenvalue weighted by Gasteiger charge is 2.12. The van der Waals surface area contributed by atoms with E-state index in [4.69, 9.17) is 4.74 Å². The molecule has 0 aromatic heterocycles. The number of hydrogen-bond donors (Lipinski definition) is 0. The van der Waals surface area contributed by atoms with Crippen molar-refractivity contribution in [2.75, 3.05) is 13.7 Å². The second kappa shape index (κ2) is 8.05. The summed E-state index contributed by atoms with van der Waals surface area (Å²) in [6.07, 6.45) is 4.22. The zero-order chi connectivity index (χ0) is 10.1. The summed E-state index contributed by atoms with van der Waals surface area (Å²) in [6, 6.07) is 0. The lowest BCUT2D eigenvalue weighted by Gasteiger charge is -2.09. The lowest BCUT2D eigenvalue weighted by molar-refractivity contribution is -0.152. The molecule has 3 nitrogen and oxygen atoms in total. The molecule has 3 heteroatoms. The Balaban J connectivity index is 3.26. The van der Waals surface area contributed by atoms with Crippen LogP contribution in [0.5, 0.6) is 0 Å². The van der Waals surface area contributed by atoms with E-state index in [1.807, 2.05) is 0 Å². The van der Waals surface area contributed by atoms with Gasteiger partial charge in [0.05, 0.1) is 7.11 Å². The standard InChI is InChI=1S/C10H20O3/c1-4-5-6-7-8-13-9(2)10(11)12-3/h9H,4-8H2,1-3H3/t9-/m1/s1. The summed E-state index contributed by atoms with van der Waals surface area (Å²) in [5, 5.41) is 0. The Morgan fingerprint density at radius 3 is 2.54 bits per heavy atom. The van der Waals surface area contributed by atoms with Crippen LogP contribution in [0.1, 0.15) is 39.5 Å². The van der Waals surface area contributed by atoms with Crippen LogP contribution in [0.4, 0.5) is 0 Å². The van der Waals surface area contributed by atoms with Gasteiger partial charge in [-0.25, -0.2) is 4.79 Å². The zero-order valence-corrected chi connectivity index (χ0v) is 8.84. The quantitative estimate of drug-likeness (QED) is 0.453. The molecule has 0 radical (unpaired) electrons. The number of carbonyl (C=O) groups is 1. The Kier molecular flexibility index (Phi) is 7.69. The molecule has 0 spiro atoms. The molecule has 13 heavy (non-hydrogen) atoms. The van der Waals surface area contributed by atoms with Crippen LogP contribution in [0, 0.1) is 0 Å². The highest BCUT2D eigenvalue weighted by Crippen LogP contribution is 2.01. The predicted octanol–water partition coefficient (Wildman–Crippen LogP) is 2.14. The van der Waals surface area contributed by atoms with E-state index in [1.54, 1.807) is 6.92 Å². The summed E-state index contributed by atoms with van der Waals surface area (Å²) in [5.74, 6) is -0.296. The van der Waals surface area contributed by atoms with Gasteiger partial charge in [-0.1, -0.05) is 26.2 Å². The van der Waals surface area contributed by atoms with Crippen molar-refractivity contribution in [3.8, 4) is 0 Å². The van der Waals surface area contributed by atoms with E-state index in [9.17, 15) is 4.79 Å². The van der Waals surface area contributed by atoms with Gasteiger partial charge >= 0.3 is 5.97 Å². The monoisotopic (exact) mass is 188 g/mol. The van der Waals surface area contributed by atoms with Gasteiger partial charge < -0.3 is 9.47 Å². The highest BCUT2D eigenvalue weighted by atomic mass is 16.6. The van der Waals surface area contributed by atoms with Gasteiger partial charge in [-0.3, -0.25) is 0 Å². The number of unbranched alkanes of at least 4 members (excludes halogenated alkanes) is 3. The minimum Gasteiger partial charge on any atom is -0.467 e. The zero-order valence-electron chi connectivity index (χ0n) is 8.84. The molecule has 0 heterocycles. The molecule has 0 N–H and O–H groups in total. The number of esters is 1. The van der Waals surface area contributed by atoms with Gasteiger partial charge in [-0.2, -0.15) is 0 Å². The van der Waals surface area contributed by atoms with Crippen molar-refractivity contribution in [2.24, 2.45) is 0 Å². The van der Waals surface area contributed by atoms with Crippen molar-refractivity contribution in [1.29, 1.82) is 0 Å². The molecule has 1 atom stereocenters. The Morgan fingerprint density at radius 2 is 2.00 bits per heavy atom. The van der Waals surface area contributed by atoms with Crippen LogP contribution >= 0.6 is 0 Å². The molecule has 78 valence electrons. The predicted molar refractivity (Wildman–Crippen MR) is 51.6 cm³/mol. The fourth-order valence-corrected chi connectivity index (χ4v) is 1.02. The molecule has 0 bridgehead atoms. The Morgan fingerprint density at radius 1 is 1.31 bits per heavy atom. The second-order valence-corrected chi connectivity index (χ2v) is 3.10. The fraction of sp³-hybridized carbons (Fsp3) is 0.900. The topological polar surface area (TPSA) is 35.5 Å². The molecular weight excluding hydrogens is 168 g/mol. The van der Waals surface area contributed by atoms with Gasteiger partial charge in [0, 0.05) is 6.61 Å². The number of rotatable bonds is 7. The van der Waals surface area contributed by atoms with Gasteiger partial charge in [0.25, 0.3) is 0 Å². The molecule has 0 aromatic rings. The van der Waals surface area contributed by atoms with E-state index in [2.05, 4.69) is 11.7 Å². The molecule has 0 aliphatic rings. The average molecular weight is 188 g/mol. The van der Waals surface area contributed by atoms with Crippen LogP contribution in [0.3, 0.4) is 0 Å². The highest BCUT2D eigenvalue weighted by molar-refractivity contribution is 5.73. The van der Waals surface area contributed by atoms with E-state index >= 15 is 0 Å². The molecule has 0 aliphatic heterocycles. The van der Waals surface area contributed by atoms with Gasteiger partial charge in [0.2, 0.25) is 0 Å². The van der Waals surface area contributed by atoms with Gasteiger partial charge in [0.15, 0.2) is 6.10 Å². The largest absolute Gasteiger partial charge is 0.467 e. The van der Waals surface area contributed by atoms with E-state index in [0.29, 0.717) is 6.61 Å². The molecule has 0 saturated carbocycles. The minimum absolute atomic E-state index is 0.296. The van der Waals surface area contributed by atoms with E-state index < -0.39 is 6.10 Å². The summed E-state index contributed by atoms with van der Waals surface area (Å²) in [6.45, 7) is 4.53. The smallest absolute Gasteiger partial charge is 0.334 e. The van der Waals surface area contributed by atoms with Crippen LogP contribution < -0.4 is 0 Å². The first-order valence-corrected chi connectivity index (χ1v) is 4.91. The van der Waals surface area contributed by atoms with Crippen LogP contribution in [-0.2, 0) is 14.3 Å². The summed E-state index contributed by atoms with van der Waals surface area (Å²) >= 11 is 0. The van der Waals surface area contributed by atoms with Crippen LogP contribution in [-0.4, -0.2) is 25.8 Å². The third-order valence-corrected chi connectivity index (χ3v) is 1.90. The molecule has 0 amide bonds. The molecule has 0 rings (SSSR count). The molecular formula is C10H20O3. The Labute approximate surface area is 80.4 Å². The van der Waals surface area contributed by atoms with Crippen LogP contribution in [0.25, 0.3) is 0 Å². The Bertz CT molecular complexity index is 134. The number of hydrogen-bond acceptors (Lipinski definition) is 3. The number of ether oxygens (including phenoxy) is 2. The van der Waals surface area contributed by atoms with Crippen molar-refractivity contribution in [3.05, 3.63) is 0 Å². The van der Waals surface area contributed by atoms with Crippen molar-refractivity contribution in [2.45, 2.75) is 45.6 Å². The van der Waals surface area contributed by atoms with Crippen molar-refractivity contribution in [3.63, 3.8) is 0 Å². The molecule has 0 saturated heterocycles. The first-order valence-electron chi connectivity index (χ1n) is 4.91. The van der Waals surface area contributed by atoms with Gasteiger partial charge in [-0.15, -0.1) is 0 Å². The molecule has 0 aliphatic carbocycles. The summed E-state index contributed by atoms with van der Waals surface area (Å²) in [7, 11) is 1.37. The molecule has 0 aromatic carbocycles. The lowest BCUT2D eigenvalue weighted by Crippen LogP contribution is -2.22. The first kappa shape index (κ1) is 12.4. The average Bonchev–Trinajstić information content (AvgIpc) is 2.16. The molecule has 0 fully saturated rings. The number of carbonyl (C=O) groups excluding carboxylic acids is 1. The Hall–Kier alpha value is -0.570. The fourth-order valence-electron chi connectivity index (χ4n) is 1.02. The number of methoxy groups -OCH3 is 1. The van der Waals surface area contributed by atoms with Crippen LogP contribution in [0.15, 0.2) is 0 Å². The third-order valence-electron chi connectivity index (χ3n) is 1.90. The van der Waals surface area contributed by atoms with Gasteiger partial charge in [-0.05, 0) is 13.3 Å². The van der Waals surface area contributed by atoms with E-state index in [-0.39, 0.29) is 5.97 Å².